The number of anilines is 3. The molecule has 0 aliphatic heterocycles. The number of nitrogen functional groups attached to an aromatic ring is 1. The summed E-state index contributed by atoms with van der Waals surface area (Å²) >= 11 is 0. The number of ether oxygens (including phenoxy) is 2. The number of nitrogens with two attached hydrogens (primary N) is 1. The second-order valence-electron chi connectivity index (χ2n) is 3.79. The first kappa shape index (κ1) is 13.4. The first-order valence-corrected chi connectivity index (χ1v) is 5.69. The van der Waals surface area contributed by atoms with Crippen molar-refractivity contribution >= 4 is 17.3 Å². The average molecular weight is 271 g/mol. The summed E-state index contributed by atoms with van der Waals surface area (Å²) in [5, 5.41) is 11.9. The van der Waals surface area contributed by atoms with Crippen molar-refractivity contribution < 1.29 is 9.47 Å². The van der Waals surface area contributed by atoms with Gasteiger partial charge in [0.2, 0.25) is 5.75 Å². The number of aromatic nitrogens is 2. The molecule has 0 saturated carbocycles. The fourth-order valence-corrected chi connectivity index (χ4v) is 1.67. The molecular formula is C13H13N5O2. The average Bonchev–Trinajstić information content (AvgIpc) is 2.48. The van der Waals surface area contributed by atoms with E-state index < -0.39 is 0 Å². The van der Waals surface area contributed by atoms with Crippen LogP contribution in [0, 0.1) is 11.3 Å². The molecule has 0 aliphatic rings. The van der Waals surface area contributed by atoms with E-state index in [4.69, 9.17) is 20.5 Å². The fourth-order valence-electron chi connectivity index (χ4n) is 1.67. The molecule has 1 aromatic heterocycles. The van der Waals surface area contributed by atoms with Crippen LogP contribution in [-0.4, -0.2) is 24.2 Å². The number of nitrogens with one attached hydrogen (secondary N) is 1. The van der Waals surface area contributed by atoms with Crippen LogP contribution in [-0.2, 0) is 0 Å². The van der Waals surface area contributed by atoms with E-state index in [1.807, 2.05) is 6.07 Å². The van der Waals surface area contributed by atoms with Crippen LogP contribution in [0.2, 0.25) is 0 Å². The number of hydrogen-bond acceptors (Lipinski definition) is 7. The van der Waals surface area contributed by atoms with Gasteiger partial charge in [-0.25, -0.2) is 9.97 Å². The van der Waals surface area contributed by atoms with E-state index in [-0.39, 0.29) is 5.82 Å². The Bertz CT molecular complexity index is 666. The zero-order chi connectivity index (χ0) is 14.5. The Hall–Kier alpha value is -3.01. The Morgan fingerprint density at radius 2 is 2.05 bits per heavy atom. The highest BCUT2D eigenvalue weighted by Gasteiger charge is 2.12. The van der Waals surface area contributed by atoms with Crippen molar-refractivity contribution in [2.45, 2.75) is 0 Å². The van der Waals surface area contributed by atoms with Gasteiger partial charge in [-0.15, -0.1) is 0 Å². The molecule has 0 amide bonds. The molecule has 0 spiro atoms. The normalized spacial score (nSPS) is 9.65. The van der Waals surface area contributed by atoms with Gasteiger partial charge in [0.1, 0.15) is 12.1 Å². The van der Waals surface area contributed by atoms with Crippen LogP contribution in [0.25, 0.3) is 0 Å². The molecule has 0 aliphatic carbocycles. The lowest BCUT2D eigenvalue weighted by atomic mass is 10.2. The Morgan fingerprint density at radius 3 is 2.70 bits per heavy atom. The van der Waals surface area contributed by atoms with Crippen LogP contribution in [0.4, 0.5) is 17.3 Å². The number of benzene rings is 1. The van der Waals surface area contributed by atoms with E-state index in [0.717, 1.165) is 0 Å². The monoisotopic (exact) mass is 271 g/mol. The number of hydrogen-bond donors (Lipinski definition) is 2. The zero-order valence-electron chi connectivity index (χ0n) is 11.0. The maximum atomic E-state index is 8.87. The van der Waals surface area contributed by atoms with Crippen molar-refractivity contribution in [3.63, 3.8) is 0 Å². The highest BCUT2D eigenvalue weighted by Crippen LogP contribution is 2.33. The fraction of sp³-hybridized carbons (Fsp3) is 0.154. The summed E-state index contributed by atoms with van der Waals surface area (Å²) in [6.45, 7) is 0. The molecule has 0 radical (unpaired) electrons. The van der Waals surface area contributed by atoms with Gasteiger partial charge in [-0.2, -0.15) is 5.26 Å². The minimum atomic E-state index is 0.234. The summed E-state index contributed by atoms with van der Waals surface area (Å²) in [6, 6.07) is 7.06. The van der Waals surface area contributed by atoms with Crippen molar-refractivity contribution in [1.82, 2.24) is 9.97 Å². The zero-order valence-corrected chi connectivity index (χ0v) is 11.0. The number of nitrogens with zero attached hydrogens (tertiary/aromatic N) is 3. The van der Waals surface area contributed by atoms with E-state index in [2.05, 4.69) is 15.3 Å². The Kier molecular flexibility index (Phi) is 3.86. The van der Waals surface area contributed by atoms with Crippen molar-refractivity contribution in [3.05, 3.63) is 30.1 Å². The molecule has 0 unspecified atom stereocenters. The molecule has 0 bridgehead atoms. The summed E-state index contributed by atoms with van der Waals surface area (Å²) in [5.41, 5.74) is 6.85. The summed E-state index contributed by atoms with van der Waals surface area (Å²) < 4.78 is 10.4. The van der Waals surface area contributed by atoms with Gasteiger partial charge in [0, 0.05) is 6.07 Å². The molecule has 102 valence electrons. The molecule has 0 saturated heterocycles. The molecule has 20 heavy (non-hydrogen) atoms. The highest BCUT2D eigenvalue weighted by molar-refractivity contribution is 5.72. The van der Waals surface area contributed by atoms with Gasteiger partial charge in [-0.1, -0.05) is 0 Å². The predicted molar refractivity (Wildman–Crippen MR) is 74.0 cm³/mol. The van der Waals surface area contributed by atoms with Crippen molar-refractivity contribution in [2.75, 3.05) is 25.3 Å². The maximum absolute atomic E-state index is 8.87. The number of rotatable bonds is 4. The predicted octanol–water partition coefficient (Wildman–Crippen LogP) is 1.69. The molecule has 1 heterocycles. The molecule has 3 N–H and O–H groups in total. The van der Waals surface area contributed by atoms with Gasteiger partial charge in [-0.05, 0) is 12.1 Å². The van der Waals surface area contributed by atoms with Gasteiger partial charge < -0.3 is 20.5 Å². The third-order valence-corrected chi connectivity index (χ3v) is 2.62. The summed E-state index contributed by atoms with van der Waals surface area (Å²) in [5.74, 6) is 1.52. The molecule has 7 heteroatoms. The van der Waals surface area contributed by atoms with Crippen LogP contribution in [0.3, 0.4) is 0 Å². The van der Waals surface area contributed by atoms with Crippen LogP contribution >= 0.6 is 0 Å². The van der Waals surface area contributed by atoms with Gasteiger partial charge in [0.05, 0.1) is 31.5 Å². The maximum Gasteiger partial charge on any atom is 0.204 e. The minimum Gasteiger partial charge on any atom is -0.495 e. The van der Waals surface area contributed by atoms with E-state index in [9.17, 15) is 0 Å². The largest absolute Gasteiger partial charge is 0.495 e. The van der Waals surface area contributed by atoms with E-state index in [0.29, 0.717) is 28.6 Å². The number of nitriles is 1. The van der Waals surface area contributed by atoms with Gasteiger partial charge in [-0.3, -0.25) is 0 Å². The smallest absolute Gasteiger partial charge is 0.204 e. The van der Waals surface area contributed by atoms with E-state index >= 15 is 0 Å². The molecule has 0 fully saturated rings. The van der Waals surface area contributed by atoms with Gasteiger partial charge in [0.25, 0.3) is 0 Å². The first-order valence-electron chi connectivity index (χ1n) is 5.69. The molecule has 0 atom stereocenters. The van der Waals surface area contributed by atoms with Crippen LogP contribution in [0.15, 0.2) is 24.5 Å². The van der Waals surface area contributed by atoms with Gasteiger partial charge >= 0.3 is 0 Å². The van der Waals surface area contributed by atoms with E-state index in [1.165, 1.54) is 20.5 Å². The summed E-state index contributed by atoms with van der Waals surface area (Å²) in [4.78, 5) is 7.93. The second-order valence-corrected chi connectivity index (χ2v) is 3.79. The quantitative estimate of drug-likeness (QED) is 0.871. The molecular weight excluding hydrogens is 258 g/mol. The van der Waals surface area contributed by atoms with Crippen molar-refractivity contribution in [1.29, 1.82) is 5.26 Å². The lowest BCUT2D eigenvalue weighted by Gasteiger charge is -2.13. The molecule has 1 aromatic carbocycles. The number of methoxy groups -OCH3 is 2. The topological polar surface area (TPSA) is 106 Å². The second kappa shape index (κ2) is 5.75. The Labute approximate surface area is 116 Å². The highest BCUT2D eigenvalue weighted by atomic mass is 16.5. The SMILES string of the molecule is COc1cc(C#N)ccc1Nc1ncnc(N)c1OC. The third kappa shape index (κ3) is 2.54. The van der Waals surface area contributed by atoms with Crippen molar-refractivity contribution in [2.24, 2.45) is 0 Å². The molecule has 2 rings (SSSR count). The lowest BCUT2D eigenvalue weighted by molar-refractivity contribution is 0.413. The van der Waals surface area contributed by atoms with Crippen LogP contribution < -0.4 is 20.5 Å². The lowest BCUT2D eigenvalue weighted by Crippen LogP contribution is -2.03. The van der Waals surface area contributed by atoms with E-state index in [1.54, 1.807) is 18.2 Å². The summed E-state index contributed by atoms with van der Waals surface area (Å²) in [7, 11) is 3.00. The standard InChI is InChI=1S/C13H13N5O2/c1-19-10-5-8(6-14)3-4-9(10)18-13-11(20-2)12(15)16-7-17-13/h3-5,7H,1-2H3,(H3,15,16,17,18). The summed E-state index contributed by atoms with van der Waals surface area (Å²) in [6.07, 6.45) is 1.33. The van der Waals surface area contributed by atoms with Crippen LogP contribution in [0.1, 0.15) is 5.56 Å². The van der Waals surface area contributed by atoms with Gasteiger partial charge in [0.15, 0.2) is 11.6 Å². The minimum absolute atomic E-state index is 0.234. The Balaban J connectivity index is 2.40. The van der Waals surface area contributed by atoms with Crippen molar-refractivity contribution in [3.8, 4) is 17.6 Å². The first-order chi connectivity index (χ1) is 9.69. The Morgan fingerprint density at radius 1 is 1.25 bits per heavy atom. The van der Waals surface area contributed by atoms with Crippen LogP contribution in [0.5, 0.6) is 11.5 Å². The molecule has 7 nitrogen and oxygen atoms in total. The molecule has 2 aromatic rings. The third-order valence-electron chi connectivity index (χ3n) is 2.62.